The number of amides is 2. The summed E-state index contributed by atoms with van der Waals surface area (Å²) in [5.74, 6) is 1.14. The van der Waals surface area contributed by atoms with E-state index in [1.807, 2.05) is 61.5 Å². The van der Waals surface area contributed by atoms with Crippen LogP contribution >= 0.6 is 0 Å². The summed E-state index contributed by atoms with van der Waals surface area (Å²) in [6.07, 6.45) is 0.261. The predicted molar refractivity (Wildman–Crippen MR) is 105 cm³/mol. The highest BCUT2D eigenvalue weighted by atomic mass is 16.5. The van der Waals surface area contributed by atoms with E-state index in [9.17, 15) is 9.59 Å². The van der Waals surface area contributed by atoms with Crippen molar-refractivity contribution >= 4 is 17.5 Å². The molecular formula is C21H20N4O3. The second kappa shape index (κ2) is 7.56. The fourth-order valence-electron chi connectivity index (χ4n) is 3.17. The van der Waals surface area contributed by atoms with Crippen molar-refractivity contribution in [3.8, 4) is 11.5 Å². The molecule has 28 heavy (non-hydrogen) atoms. The van der Waals surface area contributed by atoms with Crippen molar-refractivity contribution in [1.82, 2.24) is 15.5 Å². The van der Waals surface area contributed by atoms with Crippen molar-refractivity contribution in [2.75, 3.05) is 11.4 Å². The van der Waals surface area contributed by atoms with Crippen LogP contribution in [0.5, 0.6) is 11.5 Å². The van der Waals surface area contributed by atoms with Gasteiger partial charge in [0.25, 0.3) is 5.91 Å². The number of para-hydroxylation sites is 1. The summed E-state index contributed by atoms with van der Waals surface area (Å²) in [5.41, 5.74) is 1.91. The van der Waals surface area contributed by atoms with Crippen molar-refractivity contribution in [1.29, 1.82) is 0 Å². The van der Waals surface area contributed by atoms with Gasteiger partial charge in [0.15, 0.2) is 0 Å². The van der Waals surface area contributed by atoms with Crippen LogP contribution in [0, 0.1) is 6.92 Å². The van der Waals surface area contributed by atoms with Gasteiger partial charge in [0.1, 0.15) is 17.2 Å². The maximum atomic E-state index is 12.4. The predicted octanol–water partition coefficient (Wildman–Crippen LogP) is 3.05. The fourth-order valence-corrected chi connectivity index (χ4v) is 3.17. The van der Waals surface area contributed by atoms with Crippen molar-refractivity contribution in [2.45, 2.75) is 19.4 Å². The van der Waals surface area contributed by atoms with Gasteiger partial charge in [0.05, 0.1) is 6.04 Å². The normalized spacial score (nSPS) is 16.2. The van der Waals surface area contributed by atoms with Crippen LogP contribution in [0.25, 0.3) is 0 Å². The lowest BCUT2D eigenvalue weighted by Crippen LogP contribution is -2.37. The number of nitrogens with zero attached hydrogens (tertiary/aromatic N) is 2. The highest BCUT2D eigenvalue weighted by Gasteiger charge is 2.32. The first-order valence-electron chi connectivity index (χ1n) is 9.05. The molecule has 2 amide bonds. The molecule has 1 aromatic heterocycles. The first-order valence-corrected chi connectivity index (χ1v) is 9.05. The Morgan fingerprint density at radius 2 is 1.86 bits per heavy atom. The number of aryl methyl sites for hydroxylation is 1. The Bertz CT molecular complexity index is 982. The standard InChI is InChI=1S/C21H20N4O3/c1-14-11-19(24-23-14)21(27)22-15-12-20(26)25(13-15)16-7-9-18(10-8-16)28-17-5-3-2-4-6-17/h2-11,15H,12-13H2,1H3,(H,22,27)(H,23,24). The van der Waals surface area contributed by atoms with Crippen LogP contribution in [0.1, 0.15) is 22.6 Å². The minimum Gasteiger partial charge on any atom is -0.457 e. The zero-order valence-corrected chi connectivity index (χ0v) is 15.4. The summed E-state index contributed by atoms with van der Waals surface area (Å²) in [4.78, 5) is 26.3. The molecule has 4 rings (SSSR count). The molecule has 7 nitrogen and oxygen atoms in total. The quantitative estimate of drug-likeness (QED) is 0.716. The number of nitrogens with one attached hydrogen (secondary N) is 2. The fraction of sp³-hybridized carbons (Fsp3) is 0.190. The average molecular weight is 376 g/mol. The summed E-state index contributed by atoms with van der Waals surface area (Å²) in [5, 5.41) is 9.56. The van der Waals surface area contributed by atoms with Crippen LogP contribution in [0.3, 0.4) is 0 Å². The molecule has 1 fully saturated rings. The van der Waals surface area contributed by atoms with E-state index in [2.05, 4.69) is 15.5 Å². The zero-order valence-electron chi connectivity index (χ0n) is 15.4. The Morgan fingerprint density at radius 3 is 2.54 bits per heavy atom. The number of ether oxygens (including phenoxy) is 1. The van der Waals surface area contributed by atoms with E-state index in [1.54, 1.807) is 11.0 Å². The topological polar surface area (TPSA) is 87.3 Å². The second-order valence-electron chi connectivity index (χ2n) is 6.72. The van der Waals surface area contributed by atoms with Gasteiger partial charge in [-0.15, -0.1) is 0 Å². The first-order chi connectivity index (χ1) is 13.6. The van der Waals surface area contributed by atoms with Crippen LogP contribution in [0.2, 0.25) is 0 Å². The number of carbonyl (C=O) groups is 2. The molecule has 7 heteroatoms. The van der Waals surface area contributed by atoms with Gasteiger partial charge in [0, 0.05) is 24.3 Å². The molecule has 0 bridgehead atoms. The zero-order chi connectivity index (χ0) is 19.5. The second-order valence-corrected chi connectivity index (χ2v) is 6.72. The number of rotatable bonds is 5. The molecule has 0 aliphatic carbocycles. The number of anilines is 1. The molecular weight excluding hydrogens is 356 g/mol. The van der Waals surface area contributed by atoms with E-state index in [1.165, 1.54) is 0 Å². The summed E-state index contributed by atoms with van der Waals surface area (Å²) < 4.78 is 5.78. The molecule has 2 N–H and O–H groups in total. The lowest BCUT2D eigenvalue weighted by atomic mass is 10.2. The molecule has 142 valence electrons. The third-order valence-electron chi connectivity index (χ3n) is 4.53. The van der Waals surface area contributed by atoms with Crippen molar-refractivity contribution < 1.29 is 14.3 Å². The third kappa shape index (κ3) is 3.88. The highest BCUT2D eigenvalue weighted by Crippen LogP contribution is 2.27. The molecule has 1 aliphatic heterocycles. The number of hydrogen-bond acceptors (Lipinski definition) is 4. The SMILES string of the molecule is Cc1cc(C(=O)NC2CC(=O)N(c3ccc(Oc4ccccc4)cc3)C2)n[nH]1. The molecule has 1 atom stereocenters. The molecule has 2 heterocycles. The summed E-state index contributed by atoms with van der Waals surface area (Å²) in [6, 6.07) is 18.3. The van der Waals surface area contributed by atoms with Crippen molar-refractivity contribution in [3.63, 3.8) is 0 Å². The number of aromatic nitrogens is 2. The first kappa shape index (κ1) is 17.8. The molecule has 1 aliphatic rings. The van der Waals surface area contributed by atoms with Crippen LogP contribution < -0.4 is 15.0 Å². The van der Waals surface area contributed by atoms with Gasteiger partial charge in [-0.2, -0.15) is 5.10 Å². The minimum absolute atomic E-state index is 0.0276. The smallest absolute Gasteiger partial charge is 0.272 e. The largest absolute Gasteiger partial charge is 0.457 e. The maximum Gasteiger partial charge on any atom is 0.272 e. The average Bonchev–Trinajstić information content (AvgIpc) is 3.29. The van der Waals surface area contributed by atoms with Gasteiger partial charge in [-0.25, -0.2) is 0 Å². The molecule has 1 saturated heterocycles. The van der Waals surface area contributed by atoms with Gasteiger partial charge in [0.2, 0.25) is 5.91 Å². The number of hydrogen-bond donors (Lipinski definition) is 2. The van der Waals surface area contributed by atoms with Gasteiger partial charge in [-0.3, -0.25) is 14.7 Å². The Labute approximate surface area is 162 Å². The van der Waals surface area contributed by atoms with Crippen LogP contribution in [-0.4, -0.2) is 34.6 Å². The Kier molecular flexibility index (Phi) is 4.80. The minimum atomic E-state index is -0.282. The lowest BCUT2D eigenvalue weighted by molar-refractivity contribution is -0.117. The molecule has 1 unspecified atom stereocenters. The van der Waals surface area contributed by atoms with Crippen molar-refractivity contribution in [3.05, 3.63) is 72.1 Å². The summed E-state index contributed by atoms with van der Waals surface area (Å²) in [6.45, 7) is 2.25. The number of aromatic amines is 1. The van der Waals surface area contributed by atoms with Gasteiger partial charge < -0.3 is 15.0 Å². The Hall–Kier alpha value is -3.61. The van der Waals surface area contributed by atoms with Crippen molar-refractivity contribution in [2.24, 2.45) is 0 Å². The van der Waals surface area contributed by atoms with Gasteiger partial charge >= 0.3 is 0 Å². The van der Waals surface area contributed by atoms with Crippen LogP contribution in [0.15, 0.2) is 60.7 Å². The van der Waals surface area contributed by atoms with E-state index < -0.39 is 0 Å². The van der Waals surface area contributed by atoms with Gasteiger partial charge in [-0.05, 0) is 49.4 Å². The van der Waals surface area contributed by atoms with E-state index >= 15 is 0 Å². The number of benzene rings is 2. The third-order valence-corrected chi connectivity index (χ3v) is 4.53. The maximum absolute atomic E-state index is 12.4. The lowest BCUT2D eigenvalue weighted by Gasteiger charge is -2.17. The number of H-pyrrole nitrogens is 1. The molecule has 2 aromatic carbocycles. The van der Waals surface area contributed by atoms with E-state index in [0.29, 0.717) is 18.0 Å². The van der Waals surface area contributed by atoms with Crippen LogP contribution in [0.4, 0.5) is 5.69 Å². The van der Waals surface area contributed by atoms with E-state index in [0.717, 1.165) is 17.1 Å². The molecule has 0 spiro atoms. The Balaban J connectivity index is 1.39. The molecule has 0 radical (unpaired) electrons. The molecule has 3 aromatic rings. The molecule has 0 saturated carbocycles. The summed E-state index contributed by atoms with van der Waals surface area (Å²) in [7, 11) is 0. The number of carbonyl (C=O) groups excluding carboxylic acids is 2. The van der Waals surface area contributed by atoms with E-state index in [4.69, 9.17) is 4.74 Å². The van der Waals surface area contributed by atoms with Crippen LogP contribution in [-0.2, 0) is 4.79 Å². The monoisotopic (exact) mass is 376 g/mol. The van der Waals surface area contributed by atoms with E-state index in [-0.39, 0.29) is 24.3 Å². The highest BCUT2D eigenvalue weighted by molar-refractivity contribution is 5.98. The van der Waals surface area contributed by atoms with Gasteiger partial charge in [-0.1, -0.05) is 18.2 Å². The summed E-state index contributed by atoms with van der Waals surface area (Å²) >= 11 is 0. The Morgan fingerprint density at radius 1 is 1.14 bits per heavy atom.